The Morgan fingerprint density at radius 1 is 1.07 bits per heavy atom. The molecular weight excluding hydrogens is 440 g/mol. The number of aryl methyl sites for hydroxylation is 1. The van der Waals surface area contributed by atoms with Crippen LogP contribution in [0.2, 0.25) is 0 Å². The second-order valence-corrected chi connectivity index (χ2v) is 6.55. The lowest BCUT2D eigenvalue weighted by Crippen LogP contribution is -2.08. The third kappa shape index (κ3) is 6.01. The number of ether oxygens (including phenoxy) is 3. The summed E-state index contributed by atoms with van der Waals surface area (Å²) in [5.74, 6) is 1.97. The predicted octanol–water partition coefficient (Wildman–Crippen LogP) is 3.51. The number of anilines is 1. The fraction of sp³-hybridized carbons (Fsp3) is 0.474. The highest BCUT2D eigenvalue weighted by Crippen LogP contribution is 2.40. The molecule has 0 saturated carbocycles. The summed E-state index contributed by atoms with van der Waals surface area (Å²) in [6.07, 6.45) is 3.98. The van der Waals surface area contributed by atoms with Crippen molar-refractivity contribution in [2.75, 3.05) is 25.6 Å². The number of nitrogens with zero attached hydrogens (tertiary/aromatic N) is 5. The van der Waals surface area contributed by atoms with Crippen molar-refractivity contribution in [2.45, 2.75) is 33.8 Å². The summed E-state index contributed by atoms with van der Waals surface area (Å²) in [4.78, 5) is 12.5. The van der Waals surface area contributed by atoms with E-state index >= 15 is 0 Å². The second kappa shape index (κ2) is 11.5. The molecule has 0 bridgehead atoms. The van der Waals surface area contributed by atoms with Crippen molar-refractivity contribution in [3.63, 3.8) is 0 Å². The van der Waals surface area contributed by atoms with Crippen molar-refractivity contribution in [3.05, 3.63) is 29.0 Å². The van der Waals surface area contributed by atoms with E-state index in [0.29, 0.717) is 58.3 Å². The third-order valence-corrected chi connectivity index (χ3v) is 4.41. The number of nitrogens with two attached hydrogens (primary N) is 1. The van der Waals surface area contributed by atoms with Crippen LogP contribution >= 0.6 is 15.9 Å². The largest absolute Gasteiger partial charge is 0.490 e. The lowest BCUT2D eigenvalue weighted by Gasteiger charge is -2.15. The average Bonchev–Trinajstić information content (AvgIpc) is 3.15. The first-order valence-electron chi connectivity index (χ1n) is 9.50. The molecule has 0 spiro atoms. The van der Waals surface area contributed by atoms with Gasteiger partial charge in [-0.3, -0.25) is 4.68 Å². The Kier molecular flexibility index (Phi) is 9.07. The first kappa shape index (κ1) is 22.8. The molecule has 3 rings (SSSR count). The van der Waals surface area contributed by atoms with E-state index < -0.39 is 0 Å². The summed E-state index contributed by atoms with van der Waals surface area (Å²) in [6, 6.07) is 1.76. The molecule has 0 unspecified atom stereocenters. The molecule has 158 valence electrons. The molecule has 0 aliphatic rings. The molecule has 10 heteroatoms. The van der Waals surface area contributed by atoms with Gasteiger partial charge in [0.05, 0.1) is 22.0 Å². The SMILES string of the molecule is CC.CCCOCCOc1cc(OCc2ncn(C)n2)c2c(N)ncnc2c1Br. The quantitative estimate of drug-likeness (QED) is 0.476. The lowest BCUT2D eigenvalue weighted by molar-refractivity contribution is 0.100. The number of fused-ring (bicyclic) bond motifs is 1. The zero-order valence-electron chi connectivity index (χ0n) is 17.2. The van der Waals surface area contributed by atoms with Crippen LogP contribution in [-0.2, 0) is 18.4 Å². The normalized spacial score (nSPS) is 10.5. The third-order valence-electron chi connectivity index (χ3n) is 3.65. The number of benzene rings is 1. The van der Waals surface area contributed by atoms with E-state index in [1.54, 1.807) is 24.1 Å². The fourth-order valence-electron chi connectivity index (χ4n) is 2.45. The van der Waals surface area contributed by atoms with Gasteiger partial charge in [-0.25, -0.2) is 15.0 Å². The summed E-state index contributed by atoms with van der Waals surface area (Å²) in [5, 5.41) is 4.81. The van der Waals surface area contributed by atoms with Crippen molar-refractivity contribution in [3.8, 4) is 11.5 Å². The van der Waals surface area contributed by atoms with Gasteiger partial charge in [0.25, 0.3) is 0 Å². The molecule has 0 saturated heterocycles. The van der Waals surface area contributed by atoms with Gasteiger partial charge < -0.3 is 19.9 Å². The van der Waals surface area contributed by atoms with Gasteiger partial charge in [0.2, 0.25) is 0 Å². The molecule has 3 aromatic rings. The van der Waals surface area contributed by atoms with Gasteiger partial charge in [0.1, 0.15) is 43.2 Å². The highest BCUT2D eigenvalue weighted by atomic mass is 79.9. The van der Waals surface area contributed by atoms with Crippen LogP contribution in [0, 0.1) is 0 Å². The van der Waals surface area contributed by atoms with Gasteiger partial charge in [-0.2, -0.15) is 5.10 Å². The van der Waals surface area contributed by atoms with Crippen LogP contribution < -0.4 is 15.2 Å². The maximum atomic E-state index is 6.06. The molecule has 29 heavy (non-hydrogen) atoms. The van der Waals surface area contributed by atoms with E-state index in [1.165, 1.54) is 6.33 Å². The zero-order chi connectivity index (χ0) is 21.2. The van der Waals surface area contributed by atoms with Gasteiger partial charge in [-0.05, 0) is 22.4 Å². The topological polar surface area (TPSA) is 110 Å². The Labute approximate surface area is 178 Å². The molecule has 0 aliphatic carbocycles. The van der Waals surface area contributed by atoms with Crippen LogP contribution in [0.3, 0.4) is 0 Å². The number of aromatic nitrogens is 5. The molecule has 2 N–H and O–H groups in total. The summed E-state index contributed by atoms with van der Waals surface area (Å²) < 4.78 is 19.5. The summed E-state index contributed by atoms with van der Waals surface area (Å²) in [7, 11) is 1.80. The molecule has 2 aromatic heterocycles. The van der Waals surface area contributed by atoms with Crippen LogP contribution in [0.5, 0.6) is 11.5 Å². The van der Waals surface area contributed by atoms with Crippen LogP contribution in [0.15, 0.2) is 23.2 Å². The Bertz CT molecular complexity index is 918. The Morgan fingerprint density at radius 3 is 2.55 bits per heavy atom. The first-order chi connectivity index (χ1) is 14.1. The van der Waals surface area contributed by atoms with Gasteiger partial charge in [0, 0.05) is 19.7 Å². The van der Waals surface area contributed by atoms with E-state index in [2.05, 4.69) is 42.9 Å². The number of hydrogen-bond acceptors (Lipinski definition) is 8. The van der Waals surface area contributed by atoms with Gasteiger partial charge >= 0.3 is 0 Å². The number of halogens is 1. The lowest BCUT2D eigenvalue weighted by atomic mass is 10.2. The summed E-state index contributed by atoms with van der Waals surface area (Å²) in [5.41, 5.74) is 6.67. The molecule has 0 amide bonds. The minimum Gasteiger partial charge on any atom is -0.490 e. The first-order valence-corrected chi connectivity index (χ1v) is 10.3. The Morgan fingerprint density at radius 2 is 1.86 bits per heavy atom. The number of rotatable bonds is 9. The standard InChI is InChI=1S/C17H21BrN6O3.C2H6/c1-3-4-25-5-6-26-12-7-11(27-8-13-22-10-24(2)23-13)14-16(15(12)18)20-9-21-17(14)19;1-2/h7,9-10H,3-6,8H2,1-2H3,(H2,19,20,21);1-2H3. The van der Waals surface area contributed by atoms with E-state index in [-0.39, 0.29) is 6.61 Å². The minimum atomic E-state index is 0.185. The maximum Gasteiger partial charge on any atom is 0.188 e. The Hall–Kier alpha value is -2.46. The van der Waals surface area contributed by atoms with Crippen molar-refractivity contribution in [2.24, 2.45) is 7.05 Å². The second-order valence-electron chi connectivity index (χ2n) is 5.75. The van der Waals surface area contributed by atoms with E-state index in [9.17, 15) is 0 Å². The smallest absolute Gasteiger partial charge is 0.188 e. The molecule has 0 atom stereocenters. The molecule has 0 aliphatic heterocycles. The molecular formula is C19H27BrN6O3. The predicted molar refractivity (Wildman–Crippen MR) is 115 cm³/mol. The van der Waals surface area contributed by atoms with Crippen molar-refractivity contribution in [1.29, 1.82) is 0 Å². The number of nitrogen functional groups attached to an aromatic ring is 1. The van der Waals surface area contributed by atoms with Crippen LogP contribution in [0.1, 0.15) is 33.0 Å². The highest BCUT2D eigenvalue weighted by Gasteiger charge is 2.17. The zero-order valence-corrected chi connectivity index (χ0v) is 18.8. The monoisotopic (exact) mass is 466 g/mol. The van der Waals surface area contributed by atoms with E-state index in [1.807, 2.05) is 13.8 Å². The molecule has 0 radical (unpaired) electrons. The molecule has 0 fully saturated rings. The average molecular weight is 467 g/mol. The molecule has 2 heterocycles. The van der Waals surface area contributed by atoms with Gasteiger partial charge in [-0.1, -0.05) is 20.8 Å². The summed E-state index contributed by atoms with van der Waals surface area (Å²) in [6.45, 7) is 7.86. The van der Waals surface area contributed by atoms with Crippen molar-refractivity contribution < 1.29 is 14.2 Å². The van der Waals surface area contributed by atoms with Crippen LogP contribution in [0.25, 0.3) is 10.9 Å². The maximum absolute atomic E-state index is 6.06. The number of hydrogen-bond donors (Lipinski definition) is 1. The van der Waals surface area contributed by atoms with Crippen molar-refractivity contribution >= 4 is 32.7 Å². The summed E-state index contributed by atoms with van der Waals surface area (Å²) >= 11 is 3.54. The van der Waals surface area contributed by atoms with Crippen LogP contribution in [0.4, 0.5) is 5.82 Å². The van der Waals surface area contributed by atoms with Crippen LogP contribution in [-0.4, -0.2) is 44.6 Å². The Balaban J connectivity index is 0.00000145. The van der Waals surface area contributed by atoms with E-state index in [4.69, 9.17) is 19.9 Å². The molecule has 9 nitrogen and oxygen atoms in total. The minimum absolute atomic E-state index is 0.185. The van der Waals surface area contributed by atoms with E-state index in [0.717, 1.165) is 6.42 Å². The molecule has 1 aromatic carbocycles. The van der Waals surface area contributed by atoms with Crippen molar-refractivity contribution in [1.82, 2.24) is 24.7 Å². The van der Waals surface area contributed by atoms with Gasteiger partial charge in [-0.15, -0.1) is 0 Å². The highest BCUT2D eigenvalue weighted by molar-refractivity contribution is 9.10. The fourth-order valence-corrected chi connectivity index (χ4v) is 2.98. The van der Waals surface area contributed by atoms with Gasteiger partial charge in [0.15, 0.2) is 5.82 Å².